The first-order valence-corrected chi connectivity index (χ1v) is 7.22. The fourth-order valence-electron chi connectivity index (χ4n) is 2.17. The third-order valence-corrected chi connectivity index (χ3v) is 3.26. The van der Waals surface area contributed by atoms with Crippen LogP contribution in [0.25, 0.3) is 0 Å². The highest BCUT2D eigenvalue weighted by molar-refractivity contribution is 5.91. The van der Waals surface area contributed by atoms with E-state index in [9.17, 15) is 4.79 Å². The third-order valence-electron chi connectivity index (χ3n) is 3.26. The largest absolute Gasteiger partial charge is 0.456 e. The Balaban J connectivity index is 1.64. The molecule has 4 nitrogen and oxygen atoms in total. The van der Waals surface area contributed by atoms with Crippen molar-refractivity contribution in [3.63, 3.8) is 0 Å². The first kappa shape index (κ1) is 15.3. The quantitative estimate of drug-likeness (QED) is 0.796. The van der Waals surface area contributed by atoms with Gasteiger partial charge in [-0.2, -0.15) is 0 Å². The van der Waals surface area contributed by atoms with Gasteiger partial charge < -0.3 is 14.6 Å². The Morgan fingerprint density at radius 2 is 1.95 bits per heavy atom. The van der Waals surface area contributed by atoms with Crippen LogP contribution in [0.15, 0.2) is 46.9 Å². The average Bonchev–Trinajstić information content (AvgIpc) is 2.91. The van der Waals surface area contributed by atoms with Crippen LogP contribution in [0.5, 0.6) is 0 Å². The third kappa shape index (κ3) is 5.08. The normalized spacial score (nSPS) is 10.8. The highest BCUT2D eigenvalue weighted by Crippen LogP contribution is 2.06. The Hall–Kier alpha value is -2.07. The molecule has 0 spiro atoms. The van der Waals surface area contributed by atoms with E-state index in [4.69, 9.17) is 4.42 Å². The Bertz CT molecular complexity index is 563. The number of amides is 1. The van der Waals surface area contributed by atoms with Gasteiger partial charge in [-0.15, -0.1) is 0 Å². The number of aryl methyl sites for hydroxylation is 1. The van der Waals surface area contributed by atoms with Crippen LogP contribution in [-0.2, 0) is 6.54 Å². The van der Waals surface area contributed by atoms with Crippen LogP contribution in [0.4, 0.5) is 0 Å². The second-order valence-electron chi connectivity index (χ2n) is 5.24. The summed E-state index contributed by atoms with van der Waals surface area (Å²) >= 11 is 0. The predicted molar refractivity (Wildman–Crippen MR) is 83.2 cm³/mol. The first-order valence-electron chi connectivity index (χ1n) is 7.22. The van der Waals surface area contributed by atoms with Crippen LogP contribution < -0.4 is 5.32 Å². The zero-order valence-corrected chi connectivity index (χ0v) is 12.6. The van der Waals surface area contributed by atoms with E-state index in [1.807, 2.05) is 13.0 Å². The summed E-state index contributed by atoms with van der Waals surface area (Å²) in [6.07, 6.45) is 0.911. The van der Waals surface area contributed by atoms with Gasteiger partial charge in [-0.05, 0) is 44.6 Å². The lowest BCUT2D eigenvalue weighted by Gasteiger charge is -2.16. The van der Waals surface area contributed by atoms with Crippen molar-refractivity contribution < 1.29 is 9.21 Å². The summed E-state index contributed by atoms with van der Waals surface area (Å²) in [5.74, 6) is 0.988. The number of carbonyl (C=O) groups is 1. The van der Waals surface area contributed by atoms with Crippen molar-refractivity contribution in [1.82, 2.24) is 10.2 Å². The standard InChI is InChI=1S/C17H22N2O2/c1-14-9-10-16(21-14)17(20)18-11-6-12-19(2)13-15-7-4-3-5-8-15/h3-5,7-10H,6,11-13H2,1-2H3,(H,18,20). The summed E-state index contributed by atoms with van der Waals surface area (Å²) in [5, 5.41) is 2.87. The molecule has 1 N–H and O–H groups in total. The fraction of sp³-hybridized carbons (Fsp3) is 0.353. The predicted octanol–water partition coefficient (Wildman–Crippen LogP) is 2.84. The maximum Gasteiger partial charge on any atom is 0.286 e. The second kappa shape index (κ2) is 7.64. The minimum absolute atomic E-state index is 0.145. The number of carbonyl (C=O) groups excluding carboxylic acids is 1. The smallest absolute Gasteiger partial charge is 0.286 e. The van der Waals surface area contributed by atoms with Crippen molar-refractivity contribution >= 4 is 5.91 Å². The minimum Gasteiger partial charge on any atom is -0.456 e. The van der Waals surface area contributed by atoms with Crippen molar-refractivity contribution in [2.24, 2.45) is 0 Å². The molecule has 0 bridgehead atoms. The van der Waals surface area contributed by atoms with Gasteiger partial charge in [0.2, 0.25) is 0 Å². The lowest BCUT2D eigenvalue weighted by Crippen LogP contribution is -2.27. The molecule has 0 fully saturated rings. The number of hydrogen-bond acceptors (Lipinski definition) is 3. The van der Waals surface area contributed by atoms with Crippen LogP contribution >= 0.6 is 0 Å². The topological polar surface area (TPSA) is 45.5 Å². The summed E-state index contributed by atoms with van der Waals surface area (Å²) in [5.41, 5.74) is 1.30. The van der Waals surface area contributed by atoms with Crippen LogP contribution in [0, 0.1) is 6.92 Å². The van der Waals surface area contributed by atoms with Gasteiger partial charge in [-0.25, -0.2) is 0 Å². The molecule has 0 aliphatic carbocycles. The molecule has 1 aromatic heterocycles. The molecule has 0 unspecified atom stereocenters. The lowest BCUT2D eigenvalue weighted by atomic mass is 10.2. The van der Waals surface area contributed by atoms with Crippen molar-refractivity contribution in [1.29, 1.82) is 0 Å². The Morgan fingerprint density at radius 3 is 2.62 bits per heavy atom. The molecular formula is C17H22N2O2. The summed E-state index contributed by atoms with van der Waals surface area (Å²) in [6, 6.07) is 13.9. The van der Waals surface area contributed by atoms with Gasteiger partial charge in [0, 0.05) is 13.1 Å². The Morgan fingerprint density at radius 1 is 1.19 bits per heavy atom. The van der Waals surface area contributed by atoms with Gasteiger partial charge in [0.25, 0.3) is 5.91 Å². The maximum atomic E-state index is 11.8. The van der Waals surface area contributed by atoms with Gasteiger partial charge >= 0.3 is 0 Å². The van der Waals surface area contributed by atoms with Crippen molar-refractivity contribution in [3.05, 3.63) is 59.5 Å². The molecule has 1 heterocycles. The van der Waals surface area contributed by atoms with E-state index < -0.39 is 0 Å². The van der Waals surface area contributed by atoms with E-state index in [-0.39, 0.29) is 5.91 Å². The number of furan rings is 1. The van der Waals surface area contributed by atoms with E-state index in [2.05, 4.69) is 41.5 Å². The second-order valence-corrected chi connectivity index (χ2v) is 5.24. The highest BCUT2D eigenvalue weighted by Gasteiger charge is 2.08. The average molecular weight is 286 g/mol. The minimum atomic E-state index is -0.145. The number of nitrogens with zero attached hydrogens (tertiary/aromatic N) is 1. The Kier molecular flexibility index (Phi) is 5.58. The SMILES string of the molecule is Cc1ccc(C(=O)NCCCN(C)Cc2ccccc2)o1. The van der Waals surface area contributed by atoms with Crippen molar-refractivity contribution in [2.75, 3.05) is 20.1 Å². The molecule has 0 aliphatic heterocycles. The number of hydrogen-bond donors (Lipinski definition) is 1. The van der Waals surface area contributed by atoms with Gasteiger partial charge in [0.05, 0.1) is 0 Å². The highest BCUT2D eigenvalue weighted by atomic mass is 16.3. The monoisotopic (exact) mass is 286 g/mol. The fourth-order valence-corrected chi connectivity index (χ4v) is 2.17. The van der Waals surface area contributed by atoms with E-state index in [1.54, 1.807) is 12.1 Å². The molecule has 0 saturated heterocycles. The van der Waals surface area contributed by atoms with Crippen molar-refractivity contribution in [2.45, 2.75) is 19.9 Å². The van der Waals surface area contributed by atoms with Crippen LogP contribution in [0.3, 0.4) is 0 Å². The molecule has 0 saturated carbocycles. The molecule has 21 heavy (non-hydrogen) atoms. The summed E-state index contributed by atoms with van der Waals surface area (Å²) < 4.78 is 5.28. The van der Waals surface area contributed by atoms with Gasteiger partial charge in [-0.1, -0.05) is 30.3 Å². The Labute approximate surface area is 125 Å². The number of nitrogens with one attached hydrogen (secondary N) is 1. The molecule has 2 aromatic rings. The van der Waals surface area contributed by atoms with Crippen LogP contribution in [-0.4, -0.2) is 30.9 Å². The van der Waals surface area contributed by atoms with E-state index in [0.717, 1.165) is 25.3 Å². The van der Waals surface area contributed by atoms with Crippen molar-refractivity contribution in [3.8, 4) is 0 Å². The van der Waals surface area contributed by atoms with E-state index >= 15 is 0 Å². The van der Waals surface area contributed by atoms with Crippen LogP contribution in [0.2, 0.25) is 0 Å². The maximum absolute atomic E-state index is 11.8. The molecular weight excluding hydrogens is 264 g/mol. The zero-order chi connectivity index (χ0) is 15.1. The van der Waals surface area contributed by atoms with Gasteiger partial charge in [-0.3, -0.25) is 4.79 Å². The number of benzene rings is 1. The molecule has 1 amide bonds. The molecule has 112 valence electrons. The molecule has 2 rings (SSSR count). The summed E-state index contributed by atoms with van der Waals surface area (Å²) in [6.45, 7) is 4.34. The first-order chi connectivity index (χ1) is 10.1. The molecule has 0 aliphatic rings. The zero-order valence-electron chi connectivity index (χ0n) is 12.6. The summed E-state index contributed by atoms with van der Waals surface area (Å²) in [7, 11) is 2.09. The van der Waals surface area contributed by atoms with E-state index in [1.165, 1.54) is 5.56 Å². The molecule has 4 heteroatoms. The molecule has 1 aromatic carbocycles. The van der Waals surface area contributed by atoms with Gasteiger partial charge in [0.15, 0.2) is 5.76 Å². The van der Waals surface area contributed by atoms with E-state index in [0.29, 0.717) is 12.3 Å². The molecule has 0 atom stereocenters. The molecule has 0 radical (unpaired) electrons. The number of rotatable bonds is 7. The van der Waals surface area contributed by atoms with Crippen LogP contribution in [0.1, 0.15) is 28.3 Å². The lowest BCUT2D eigenvalue weighted by molar-refractivity contribution is 0.0923. The summed E-state index contributed by atoms with van der Waals surface area (Å²) in [4.78, 5) is 14.0. The van der Waals surface area contributed by atoms with Gasteiger partial charge in [0.1, 0.15) is 5.76 Å².